The minimum atomic E-state index is 0.524. The molecule has 0 bridgehead atoms. The van der Waals surface area contributed by atoms with Gasteiger partial charge in [-0.2, -0.15) is 0 Å². The van der Waals surface area contributed by atoms with Crippen LogP contribution < -0.4 is 5.73 Å². The van der Waals surface area contributed by atoms with Gasteiger partial charge in [0.15, 0.2) is 0 Å². The molecule has 1 heteroatoms. The Morgan fingerprint density at radius 1 is 1.12 bits per heavy atom. The molecule has 1 aliphatic carbocycles. The zero-order chi connectivity index (χ0) is 11.9. The molecule has 1 atom stereocenters. The molecule has 0 spiro atoms. The maximum atomic E-state index is 5.65. The molecule has 0 saturated heterocycles. The van der Waals surface area contributed by atoms with Crippen molar-refractivity contribution in [1.82, 2.24) is 0 Å². The quantitative estimate of drug-likeness (QED) is 0.813. The number of benzene rings is 1. The van der Waals surface area contributed by atoms with Crippen molar-refractivity contribution in [1.29, 1.82) is 0 Å². The van der Waals surface area contributed by atoms with Crippen LogP contribution in [-0.4, -0.2) is 6.54 Å². The Labute approximate surface area is 104 Å². The summed E-state index contributed by atoms with van der Waals surface area (Å²) in [4.78, 5) is 0. The van der Waals surface area contributed by atoms with Crippen LogP contribution in [0, 0.1) is 0 Å². The van der Waals surface area contributed by atoms with Gasteiger partial charge in [0.1, 0.15) is 0 Å². The van der Waals surface area contributed by atoms with Gasteiger partial charge in [-0.05, 0) is 43.4 Å². The first-order valence-corrected chi connectivity index (χ1v) is 6.53. The fourth-order valence-corrected chi connectivity index (χ4v) is 2.43. The molecule has 0 amide bonds. The molecule has 0 aromatic heterocycles. The van der Waals surface area contributed by atoms with Gasteiger partial charge < -0.3 is 5.73 Å². The lowest BCUT2D eigenvalue weighted by Gasteiger charge is -2.20. The summed E-state index contributed by atoms with van der Waals surface area (Å²) < 4.78 is 0. The van der Waals surface area contributed by atoms with Crippen molar-refractivity contribution in [2.45, 2.75) is 31.6 Å². The zero-order valence-electron chi connectivity index (χ0n) is 10.3. The van der Waals surface area contributed by atoms with E-state index in [1.807, 2.05) is 0 Å². The highest BCUT2D eigenvalue weighted by Crippen LogP contribution is 2.31. The zero-order valence-corrected chi connectivity index (χ0v) is 10.3. The lowest BCUT2D eigenvalue weighted by atomic mass is 9.85. The molecule has 0 radical (unpaired) electrons. The van der Waals surface area contributed by atoms with Gasteiger partial charge in [-0.3, -0.25) is 0 Å². The van der Waals surface area contributed by atoms with Crippen molar-refractivity contribution < 1.29 is 0 Å². The molecule has 2 N–H and O–H groups in total. The van der Waals surface area contributed by atoms with Crippen LogP contribution in [-0.2, 0) is 0 Å². The molecule has 0 fully saturated rings. The smallest absolute Gasteiger partial charge is 0.00865 e. The Morgan fingerprint density at radius 3 is 2.59 bits per heavy atom. The molecule has 1 unspecified atom stereocenters. The van der Waals surface area contributed by atoms with Gasteiger partial charge in [0.2, 0.25) is 0 Å². The van der Waals surface area contributed by atoms with Gasteiger partial charge in [0.05, 0.1) is 0 Å². The van der Waals surface area contributed by atoms with Crippen LogP contribution in [0.2, 0.25) is 0 Å². The summed E-state index contributed by atoms with van der Waals surface area (Å²) in [5, 5.41) is 0. The lowest BCUT2D eigenvalue weighted by Crippen LogP contribution is -2.07. The molecule has 90 valence electrons. The summed E-state index contributed by atoms with van der Waals surface area (Å²) in [6, 6.07) is 10.8. The van der Waals surface area contributed by atoms with Gasteiger partial charge in [0.25, 0.3) is 0 Å². The summed E-state index contributed by atoms with van der Waals surface area (Å²) in [7, 11) is 0. The second-order valence-electron chi connectivity index (χ2n) is 4.58. The van der Waals surface area contributed by atoms with Crippen LogP contribution in [0.1, 0.15) is 37.2 Å². The molecular formula is C16H21N. The Balaban J connectivity index is 2.19. The number of rotatable bonds is 5. The first-order chi connectivity index (χ1) is 8.42. The van der Waals surface area contributed by atoms with E-state index in [0.717, 1.165) is 19.4 Å². The summed E-state index contributed by atoms with van der Waals surface area (Å²) in [6.45, 7) is 0.778. The van der Waals surface area contributed by atoms with Crippen molar-refractivity contribution in [2.24, 2.45) is 5.73 Å². The molecular weight excluding hydrogens is 206 g/mol. The third kappa shape index (κ3) is 3.31. The molecule has 1 aliphatic rings. The second kappa shape index (κ2) is 6.41. The largest absolute Gasteiger partial charge is 0.330 e. The number of allylic oxidation sites excluding steroid dienone is 4. The van der Waals surface area contributed by atoms with E-state index in [1.165, 1.54) is 24.0 Å². The summed E-state index contributed by atoms with van der Waals surface area (Å²) in [6.07, 6.45) is 11.6. The fourth-order valence-electron chi connectivity index (χ4n) is 2.43. The van der Waals surface area contributed by atoms with Gasteiger partial charge in [0, 0.05) is 5.92 Å². The van der Waals surface area contributed by atoms with E-state index in [1.54, 1.807) is 0 Å². The molecule has 1 aromatic rings. The minimum absolute atomic E-state index is 0.524. The topological polar surface area (TPSA) is 26.0 Å². The molecule has 0 saturated carbocycles. The van der Waals surface area contributed by atoms with Crippen LogP contribution in [0.15, 0.2) is 54.1 Å². The van der Waals surface area contributed by atoms with Crippen LogP contribution >= 0.6 is 0 Å². The van der Waals surface area contributed by atoms with Crippen LogP contribution in [0.3, 0.4) is 0 Å². The maximum absolute atomic E-state index is 5.65. The monoisotopic (exact) mass is 227 g/mol. The van der Waals surface area contributed by atoms with E-state index in [2.05, 4.69) is 48.6 Å². The third-order valence-corrected chi connectivity index (χ3v) is 3.32. The van der Waals surface area contributed by atoms with E-state index in [-0.39, 0.29) is 0 Å². The van der Waals surface area contributed by atoms with Crippen LogP contribution in [0.4, 0.5) is 0 Å². The van der Waals surface area contributed by atoms with E-state index >= 15 is 0 Å². The summed E-state index contributed by atoms with van der Waals surface area (Å²) in [5.41, 5.74) is 8.53. The molecule has 0 aliphatic heterocycles. The maximum Gasteiger partial charge on any atom is 0.00865 e. The van der Waals surface area contributed by atoms with E-state index in [9.17, 15) is 0 Å². The Bertz CT molecular complexity index is 389. The first-order valence-electron chi connectivity index (χ1n) is 6.53. The van der Waals surface area contributed by atoms with Crippen molar-refractivity contribution in [2.75, 3.05) is 6.54 Å². The number of nitrogens with two attached hydrogens (primary N) is 1. The van der Waals surface area contributed by atoms with Gasteiger partial charge in [-0.1, -0.05) is 48.6 Å². The van der Waals surface area contributed by atoms with Crippen molar-refractivity contribution in [3.8, 4) is 0 Å². The second-order valence-corrected chi connectivity index (χ2v) is 4.58. The van der Waals surface area contributed by atoms with Gasteiger partial charge in [-0.25, -0.2) is 0 Å². The average molecular weight is 227 g/mol. The third-order valence-electron chi connectivity index (χ3n) is 3.32. The Morgan fingerprint density at radius 2 is 1.94 bits per heavy atom. The highest BCUT2D eigenvalue weighted by molar-refractivity contribution is 5.36. The molecule has 17 heavy (non-hydrogen) atoms. The van der Waals surface area contributed by atoms with Crippen molar-refractivity contribution in [3.63, 3.8) is 0 Å². The summed E-state index contributed by atoms with van der Waals surface area (Å²) >= 11 is 0. The van der Waals surface area contributed by atoms with E-state index in [0.29, 0.717) is 5.92 Å². The Hall–Kier alpha value is -1.34. The highest BCUT2D eigenvalue weighted by Gasteiger charge is 2.15. The van der Waals surface area contributed by atoms with Crippen LogP contribution in [0.5, 0.6) is 0 Å². The van der Waals surface area contributed by atoms with Gasteiger partial charge >= 0.3 is 0 Å². The van der Waals surface area contributed by atoms with E-state index in [4.69, 9.17) is 5.73 Å². The predicted molar refractivity (Wildman–Crippen MR) is 73.9 cm³/mol. The summed E-state index contributed by atoms with van der Waals surface area (Å²) in [5.74, 6) is 0.524. The lowest BCUT2D eigenvalue weighted by molar-refractivity contribution is 0.663. The minimum Gasteiger partial charge on any atom is -0.330 e. The molecule has 0 heterocycles. The molecule has 1 nitrogen and oxygen atoms in total. The number of hydrogen-bond donors (Lipinski definition) is 1. The van der Waals surface area contributed by atoms with Crippen molar-refractivity contribution >= 4 is 0 Å². The standard InChI is InChI=1S/C16H21N/c17-13-7-12-16(14-8-3-1-4-9-14)15-10-5-2-6-11-15/h1,3-5,8-11,16H,2,6-7,12-13,17H2. The molecule has 2 rings (SSSR count). The SMILES string of the molecule is NCCCC(C1=CCCC=C1)c1ccccc1. The van der Waals surface area contributed by atoms with Crippen molar-refractivity contribution in [3.05, 3.63) is 59.7 Å². The highest BCUT2D eigenvalue weighted by atomic mass is 14.5. The first kappa shape index (κ1) is 12.1. The van der Waals surface area contributed by atoms with Gasteiger partial charge in [-0.15, -0.1) is 0 Å². The fraction of sp³-hybridized carbons (Fsp3) is 0.375. The average Bonchev–Trinajstić information content (AvgIpc) is 2.42. The van der Waals surface area contributed by atoms with Crippen LogP contribution in [0.25, 0.3) is 0 Å². The normalized spacial score (nSPS) is 16.6. The Kier molecular flexibility index (Phi) is 4.57. The molecule has 1 aromatic carbocycles. The number of hydrogen-bond acceptors (Lipinski definition) is 1. The predicted octanol–water partition coefficient (Wildman–Crippen LogP) is 3.79. The van der Waals surface area contributed by atoms with E-state index < -0.39 is 0 Å².